The van der Waals surface area contributed by atoms with Crippen molar-refractivity contribution in [1.82, 2.24) is 4.90 Å². The van der Waals surface area contributed by atoms with Crippen LogP contribution in [0.4, 0.5) is 0 Å². The first kappa shape index (κ1) is 13.1. The van der Waals surface area contributed by atoms with E-state index in [1.165, 1.54) is 17.8 Å². The number of amides is 1. The molecule has 1 saturated heterocycles. The number of thiophene rings is 1. The lowest BCUT2D eigenvalue weighted by molar-refractivity contribution is 0.0589. The van der Waals surface area contributed by atoms with E-state index < -0.39 is 0 Å². The predicted octanol–water partition coefficient (Wildman–Crippen LogP) is 2.85. The van der Waals surface area contributed by atoms with Crippen LogP contribution >= 0.6 is 27.3 Å². The van der Waals surface area contributed by atoms with E-state index in [0.717, 1.165) is 28.7 Å². The van der Waals surface area contributed by atoms with E-state index in [9.17, 15) is 4.79 Å². The number of nitrogens with zero attached hydrogens (tertiary/aromatic N) is 1. The maximum absolute atomic E-state index is 12.4. The summed E-state index contributed by atoms with van der Waals surface area (Å²) in [6.07, 6.45) is 3.28. The number of piperidine rings is 1. The van der Waals surface area contributed by atoms with Crippen molar-refractivity contribution in [2.24, 2.45) is 5.73 Å². The van der Waals surface area contributed by atoms with Crippen molar-refractivity contribution in [2.45, 2.75) is 38.3 Å². The highest BCUT2D eigenvalue weighted by atomic mass is 79.9. The largest absolute Gasteiger partial charge is 0.333 e. The van der Waals surface area contributed by atoms with Gasteiger partial charge >= 0.3 is 0 Å². The van der Waals surface area contributed by atoms with Crippen LogP contribution in [0, 0.1) is 0 Å². The Morgan fingerprint density at radius 3 is 3.00 bits per heavy atom. The number of halogens is 1. The maximum Gasteiger partial charge on any atom is 0.264 e. The number of hydrogen-bond acceptors (Lipinski definition) is 3. The normalized spacial score (nSPS) is 22.5. The Morgan fingerprint density at radius 1 is 1.65 bits per heavy atom. The number of hydrogen-bond donors (Lipinski definition) is 1. The second-order valence-corrected chi connectivity index (χ2v) is 6.38. The van der Waals surface area contributed by atoms with Crippen LogP contribution in [0.1, 0.15) is 35.9 Å². The van der Waals surface area contributed by atoms with E-state index in [4.69, 9.17) is 5.73 Å². The molecule has 2 N–H and O–H groups in total. The molecule has 0 unspecified atom stereocenters. The molecule has 1 aliphatic rings. The molecule has 2 rings (SSSR count). The summed E-state index contributed by atoms with van der Waals surface area (Å²) in [5.41, 5.74) is 5.98. The standard InChI is InChI=1S/C12H17BrN2OS/c1-8(14)10-4-2-3-5-15(10)12(16)11-6-9(13)7-17-11/h6-8,10H,2-5,14H2,1H3/t8-,10-/m1/s1. The molecule has 2 heterocycles. The molecule has 1 amide bonds. The molecule has 5 heteroatoms. The van der Waals surface area contributed by atoms with Crippen LogP contribution in [-0.2, 0) is 0 Å². The lowest BCUT2D eigenvalue weighted by Gasteiger charge is -2.37. The molecule has 94 valence electrons. The van der Waals surface area contributed by atoms with Gasteiger partial charge in [0.2, 0.25) is 0 Å². The monoisotopic (exact) mass is 316 g/mol. The van der Waals surface area contributed by atoms with Gasteiger partial charge in [0.15, 0.2) is 0 Å². The second-order valence-electron chi connectivity index (χ2n) is 4.55. The summed E-state index contributed by atoms with van der Waals surface area (Å²) in [4.78, 5) is 15.1. The number of carbonyl (C=O) groups excluding carboxylic acids is 1. The van der Waals surface area contributed by atoms with Crippen LogP contribution < -0.4 is 5.73 Å². The minimum Gasteiger partial charge on any atom is -0.333 e. The third-order valence-corrected chi connectivity index (χ3v) is 4.87. The summed E-state index contributed by atoms with van der Waals surface area (Å²) >= 11 is 4.87. The zero-order chi connectivity index (χ0) is 12.4. The van der Waals surface area contributed by atoms with Gasteiger partial charge < -0.3 is 10.6 Å². The first-order valence-corrected chi connectivity index (χ1v) is 7.57. The SMILES string of the molecule is C[C@@H](N)[C@H]1CCCCN1C(=O)c1cc(Br)cs1. The summed E-state index contributed by atoms with van der Waals surface area (Å²) in [6, 6.07) is 2.12. The minimum atomic E-state index is 0.0441. The Hall–Kier alpha value is -0.390. The Balaban J connectivity index is 2.16. The number of rotatable bonds is 2. The quantitative estimate of drug-likeness (QED) is 0.912. The summed E-state index contributed by atoms with van der Waals surface area (Å²) in [7, 11) is 0. The van der Waals surface area contributed by atoms with E-state index in [0.29, 0.717) is 0 Å². The van der Waals surface area contributed by atoms with E-state index >= 15 is 0 Å². The van der Waals surface area contributed by atoms with Gasteiger partial charge in [-0.15, -0.1) is 11.3 Å². The second kappa shape index (κ2) is 5.50. The van der Waals surface area contributed by atoms with Crippen molar-refractivity contribution in [3.63, 3.8) is 0 Å². The molecular weight excluding hydrogens is 300 g/mol. The van der Waals surface area contributed by atoms with Gasteiger partial charge in [0, 0.05) is 28.5 Å². The third-order valence-electron chi connectivity index (χ3n) is 3.20. The summed E-state index contributed by atoms with van der Waals surface area (Å²) < 4.78 is 0.972. The van der Waals surface area contributed by atoms with Crippen LogP contribution in [0.3, 0.4) is 0 Å². The molecule has 0 spiro atoms. The molecule has 0 radical (unpaired) electrons. The fourth-order valence-electron chi connectivity index (χ4n) is 2.32. The van der Waals surface area contributed by atoms with Gasteiger partial charge in [0.1, 0.15) is 0 Å². The van der Waals surface area contributed by atoms with E-state index in [1.807, 2.05) is 23.3 Å². The van der Waals surface area contributed by atoms with Crippen molar-refractivity contribution in [3.8, 4) is 0 Å². The van der Waals surface area contributed by atoms with Crippen LogP contribution in [-0.4, -0.2) is 29.4 Å². The lowest BCUT2D eigenvalue weighted by atomic mass is 9.97. The summed E-state index contributed by atoms with van der Waals surface area (Å²) in [5, 5.41) is 1.94. The van der Waals surface area contributed by atoms with Crippen molar-refractivity contribution in [3.05, 3.63) is 20.8 Å². The molecule has 17 heavy (non-hydrogen) atoms. The first-order valence-electron chi connectivity index (χ1n) is 5.90. The van der Waals surface area contributed by atoms with Gasteiger partial charge in [-0.2, -0.15) is 0 Å². The zero-order valence-corrected chi connectivity index (χ0v) is 12.3. The zero-order valence-electron chi connectivity index (χ0n) is 9.86. The van der Waals surface area contributed by atoms with Crippen molar-refractivity contribution in [2.75, 3.05) is 6.54 Å². The fourth-order valence-corrected chi connectivity index (χ4v) is 3.70. The van der Waals surface area contributed by atoms with Gasteiger partial charge in [-0.25, -0.2) is 0 Å². The third kappa shape index (κ3) is 2.89. The Morgan fingerprint density at radius 2 is 2.41 bits per heavy atom. The van der Waals surface area contributed by atoms with Gasteiger partial charge in [-0.1, -0.05) is 0 Å². The average Bonchev–Trinajstić information content (AvgIpc) is 2.75. The van der Waals surface area contributed by atoms with Crippen LogP contribution in [0.15, 0.2) is 15.9 Å². The highest BCUT2D eigenvalue weighted by Crippen LogP contribution is 2.25. The molecule has 0 aliphatic carbocycles. The Labute approximate surface area is 114 Å². The molecule has 0 aromatic carbocycles. The maximum atomic E-state index is 12.4. The van der Waals surface area contributed by atoms with E-state index in [2.05, 4.69) is 15.9 Å². The lowest BCUT2D eigenvalue weighted by Crippen LogP contribution is -2.51. The highest BCUT2D eigenvalue weighted by Gasteiger charge is 2.30. The Kier molecular flexibility index (Phi) is 4.22. The van der Waals surface area contributed by atoms with Gasteiger partial charge in [-0.05, 0) is 48.2 Å². The average molecular weight is 317 g/mol. The molecule has 1 fully saturated rings. The molecule has 1 aromatic heterocycles. The number of likely N-dealkylation sites (tertiary alicyclic amines) is 1. The number of carbonyl (C=O) groups is 1. The van der Waals surface area contributed by atoms with Crippen molar-refractivity contribution >= 4 is 33.2 Å². The molecule has 1 aromatic rings. The van der Waals surface area contributed by atoms with Gasteiger partial charge in [0.05, 0.1) is 4.88 Å². The smallest absolute Gasteiger partial charge is 0.264 e. The molecule has 0 saturated carbocycles. The summed E-state index contributed by atoms with van der Waals surface area (Å²) in [5.74, 6) is 0.128. The molecule has 0 bridgehead atoms. The highest BCUT2D eigenvalue weighted by molar-refractivity contribution is 9.10. The first-order chi connectivity index (χ1) is 8.09. The van der Waals surface area contributed by atoms with Crippen LogP contribution in [0.2, 0.25) is 0 Å². The summed E-state index contributed by atoms with van der Waals surface area (Å²) in [6.45, 7) is 2.82. The molecule has 2 atom stereocenters. The Bertz CT molecular complexity index is 405. The predicted molar refractivity (Wildman–Crippen MR) is 74.3 cm³/mol. The fraction of sp³-hybridized carbons (Fsp3) is 0.583. The molecule has 3 nitrogen and oxygen atoms in total. The molecule has 1 aliphatic heterocycles. The van der Waals surface area contributed by atoms with Crippen LogP contribution in [0.25, 0.3) is 0 Å². The van der Waals surface area contributed by atoms with Gasteiger partial charge in [-0.3, -0.25) is 4.79 Å². The topological polar surface area (TPSA) is 46.3 Å². The molecular formula is C12H17BrN2OS. The number of nitrogens with two attached hydrogens (primary N) is 1. The minimum absolute atomic E-state index is 0.0441. The van der Waals surface area contributed by atoms with Crippen LogP contribution in [0.5, 0.6) is 0 Å². The van der Waals surface area contributed by atoms with Crippen molar-refractivity contribution in [1.29, 1.82) is 0 Å². The van der Waals surface area contributed by atoms with E-state index in [-0.39, 0.29) is 18.0 Å². The van der Waals surface area contributed by atoms with Crippen molar-refractivity contribution < 1.29 is 4.79 Å². The van der Waals surface area contributed by atoms with E-state index in [1.54, 1.807) is 0 Å². The van der Waals surface area contributed by atoms with Gasteiger partial charge in [0.25, 0.3) is 5.91 Å².